The van der Waals surface area contributed by atoms with Crippen LogP contribution in [0.4, 0.5) is 0 Å². The van der Waals surface area contributed by atoms with Crippen LogP contribution < -0.4 is 10.6 Å². The van der Waals surface area contributed by atoms with Crippen molar-refractivity contribution in [3.05, 3.63) is 48.0 Å². The lowest BCUT2D eigenvalue weighted by atomic mass is 10.0. The molecule has 102 valence electrons. The molecule has 1 rings (SSSR count). The summed E-state index contributed by atoms with van der Waals surface area (Å²) in [5.74, 6) is -1.55. The number of carboxylic acid groups (broad SMARTS) is 1. The summed E-state index contributed by atoms with van der Waals surface area (Å²) in [6, 6.07) is 6.64. The van der Waals surface area contributed by atoms with Crippen LogP contribution in [0.3, 0.4) is 0 Å². The fraction of sp³-hybridized carbons (Fsp3) is 0.286. The molecule has 0 fully saturated rings. The molecule has 0 heterocycles. The van der Waals surface area contributed by atoms with Gasteiger partial charge >= 0.3 is 5.97 Å². The summed E-state index contributed by atoms with van der Waals surface area (Å²) in [6.07, 6.45) is 1.31. The summed E-state index contributed by atoms with van der Waals surface area (Å²) in [5, 5.41) is 14.5. The molecule has 0 radical (unpaired) electrons. The van der Waals surface area contributed by atoms with E-state index in [2.05, 4.69) is 17.2 Å². The van der Waals surface area contributed by atoms with E-state index in [9.17, 15) is 9.59 Å². The first kappa shape index (κ1) is 14.9. The second-order valence-corrected chi connectivity index (χ2v) is 4.16. The molecule has 0 unspecified atom stereocenters. The highest BCUT2D eigenvalue weighted by Gasteiger charge is 2.19. The molecular formula is C14H18N2O3. The van der Waals surface area contributed by atoms with Gasteiger partial charge in [-0.2, -0.15) is 0 Å². The van der Waals surface area contributed by atoms with E-state index in [4.69, 9.17) is 5.11 Å². The molecule has 1 atom stereocenters. The van der Waals surface area contributed by atoms with Crippen molar-refractivity contribution in [2.45, 2.75) is 19.0 Å². The number of hydrogen-bond acceptors (Lipinski definition) is 3. The van der Waals surface area contributed by atoms with E-state index in [0.717, 1.165) is 17.2 Å². The van der Waals surface area contributed by atoms with Crippen LogP contribution in [-0.2, 0) is 22.6 Å². The maximum atomic E-state index is 11.2. The first-order valence-corrected chi connectivity index (χ1v) is 5.95. The highest BCUT2D eigenvalue weighted by Crippen LogP contribution is 2.08. The van der Waals surface area contributed by atoms with Gasteiger partial charge in [0.1, 0.15) is 6.04 Å². The zero-order valence-electron chi connectivity index (χ0n) is 10.8. The summed E-state index contributed by atoms with van der Waals surface area (Å²) < 4.78 is 0. The minimum atomic E-state index is -1.06. The summed E-state index contributed by atoms with van der Waals surface area (Å²) in [7, 11) is 1.84. The van der Waals surface area contributed by atoms with Crippen molar-refractivity contribution in [1.82, 2.24) is 10.6 Å². The van der Waals surface area contributed by atoms with Crippen molar-refractivity contribution in [2.24, 2.45) is 0 Å². The van der Waals surface area contributed by atoms with Gasteiger partial charge in [-0.05, 0) is 24.3 Å². The molecule has 0 aromatic heterocycles. The lowest BCUT2D eigenvalue weighted by Crippen LogP contribution is -2.41. The zero-order chi connectivity index (χ0) is 14.3. The third-order valence-electron chi connectivity index (χ3n) is 2.61. The van der Waals surface area contributed by atoms with Crippen molar-refractivity contribution in [3.63, 3.8) is 0 Å². The quantitative estimate of drug-likeness (QED) is 0.632. The van der Waals surface area contributed by atoms with E-state index < -0.39 is 17.9 Å². The monoisotopic (exact) mass is 262 g/mol. The Bertz CT molecular complexity index is 472. The van der Waals surface area contributed by atoms with Crippen molar-refractivity contribution in [3.8, 4) is 0 Å². The highest BCUT2D eigenvalue weighted by atomic mass is 16.4. The van der Waals surface area contributed by atoms with Gasteiger partial charge in [-0.25, -0.2) is 4.79 Å². The van der Waals surface area contributed by atoms with E-state index >= 15 is 0 Å². The first-order chi connectivity index (χ1) is 9.06. The van der Waals surface area contributed by atoms with Gasteiger partial charge in [-0.3, -0.25) is 4.79 Å². The second-order valence-electron chi connectivity index (χ2n) is 4.16. The number of rotatable bonds is 7. The SMILES string of the molecule is C=CC(=O)N[C@@H](Cc1cccc(CNC)c1)C(=O)O. The fourth-order valence-electron chi connectivity index (χ4n) is 1.74. The summed E-state index contributed by atoms with van der Waals surface area (Å²) in [6.45, 7) is 4.02. The fourth-order valence-corrected chi connectivity index (χ4v) is 1.74. The summed E-state index contributed by atoms with van der Waals surface area (Å²) >= 11 is 0. The van der Waals surface area contributed by atoms with Gasteiger partial charge in [0, 0.05) is 13.0 Å². The van der Waals surface area contributed by atoms with Gasteiger partial charge in [0.2, 0.25) is 5.91 Å². The van der Waals surface area contributed by atoms with Gasteiger partial charge in [0.25, 0.3) is 0 Å². The van der Waals surface area contributed by atoms with Crippen LogP contribution in [0, 0.1) is 0 Å². The molecule has 0 spiro atoms. The Balaban J connectivity index is 2.78. The van der Waals surface area contributed by atoms with E-state index in [1.54, 1.807) is 0 Å². The number of aliphatic carboxylic acids is 1. The predicted octanol–water partition coefficient (Wildman–Crippen LogP) is 0.704. The maximum Gasteiger partial charge on any atom is 0.326 e. The van der Waals surface area contributed by atoms with Crippen molar-refractivity contribution in [2.75, 3.05) is 7.05 Å². The maximum absolute atomic E-state index is 11.2. The van der Waals surface area contributed by atoms with Crippen LogP contribution in [0.1, 0.15) is 11.1 Å². The molecule has 1 aromatic rings. The molecule has 5 nitrogen and oxygen atoms in total. The Morgan fingerprint density at radius 3 is 2.68 bits per heavy atom. The zero-order valence-corrected chi connectivity index (χ0v) is 10.8. The van der Waals surface area contributed by atoms with Crippen LogP contribution in [0.2, 0.25) is 0 Å². The minimum Gasteiger partial charge on any atom is -0.480 e. The Kier molecular flexibility index (Phi) is 5.75. The number of amides is 1. The topological polar surface area (TPSA) is 78.4 Å². The third-order valence-corrected chi connectivity index (χ3v) is 2.61. The van der Waals surface area contributed by atoms with Crippen molar-refractivity contribution in [1.29, 1.82) is 0 Å². The van der Waals surface area contributed by atoms with Crippen LogP contribution in [-0.4, -0.2) is 30.1 Å². The standard InChI is InChI=1S/C14H18N2O3/c1-3-13(17)16-12(14(18)19)8-10-5-4-6-11(7-10)9-15-2/h3-7,12,15H,1,8-9H2,2H3,(H,16,17)(H,18,19)/t12-/m0/s1. The predicted molar refractivity (Wildman–Crippen MR) is 72.7 cm³/mol. The molecule has 1 amide bonds. The van der Waals surface area contributed by atoms with E-state index in [1.165, 1.54) is 0 Å². The number of benzene rings is 1. The Morgan fingerprint density at radius 1 is 1.42 bits per heavy atom. The molecule has 3 N–H and O–H groups in total. The molecule has 0 saturated carbocycles. The average Bonchev–Trinajstić information content (AvgIpc) is 2.38. The number of carbonyl (C=O) groups is 2. The number of nitrogens with one attached hydrogen (secondary N) is 2. The van der Waals surface area contributed by atoms with Gasteiger partial charge < -0.3 is 15.7 Å². The highest BCUT2D eigenvalue weighted by molar-refractivity contribution is 5.90. The van der Waals surface area contributed by atoms with Crippen LogP contribution in [0.5, 0.6) is 0 Å². The molecular weight excluding hydrogens is 244 g/mol. The van der Waals surface area contributed by atoms with Crippen LogP contribution >= 0.6 is 0 Å². The molecule has 5 heteroatoms. The summed E-state index contributed by atoms with van der Waals surface area (Å²) in [4.78, 5) is 22.3. The van der Waals surface area contributed by atoms with E-state index in [1.807, 2.05) is 31.3 Å². The molecule has 19 heavy (non-hydrogen) atoms. The minimum absolute atomic E-state index is 0.243. The van der Waals surface area contributed by atoms with E-state index in [-0.39, 0.29) is 6.42 Å². The first-order valence-electron chi connectivity index (χ1n) is 5.95. The average molecular weight is 262 g/mol. The summed E-state index contributed by atoms with van der Waals surface area (Å²) in [5.41, 5.74) is 1.93. The van der Waals surface area contributed by atoms with Gasteiger partial charge in [0.15, 0.2) is 0 Å². The van der Waals surface area contributed by atoms with Crippen LogP contribution in [0.15, 0.2) is 36.9 Å². The second kappa shape index (κ2) is 7.33. The molecule has 0 bridgehead atoms. The lowest BCUT2D eigenvalue weighted by Gasteiger charge is -2.14. The van der Waals surface area contributed by atoms with Gasteiger partial charge in [-0.1, -0.05) is 30.8 Å². The number of carboxylic acids is 1. The van der Waals surface area contributed by atoms with Crippen molar-refractivity contribution < 1.29 is 14.7 Å². The molecule has 0 saturated heterocycles. The number of carbonyl (C=O) groups excluding carboxylic acids is 1. The van der Waals surface area contributed by atoms with Crippen molar-refractivity contribution >= 4 is 11.9 Å². The largest absolute Gasteiger partial charge is 0.480 e. The third kappa shape index (κ3) is 4.93. The van der Waals surface area contributed by atoms with E-state index in [0.29, 0.717) is 6.54 Å². The molecule has 0 aliphatic carbocycles. The smallest absolute Gasteiger partial charge is 0.326 e. The number of hydrogen-bond donors (Lipinski definition) is 3. The molecule has 1 aromatic carbocycles. The van der Waals surface area contributed by atoms with Gasteiger partial charge in [0.05, 0.1) is 0 Å². The normalized spacial score (nSPS) is 11.6. The Morgan fingerprint density at radius 2 is 2.11 bits per heavy atom. The van der Waals surface area contributed by atoms with Crippen LogP contribution in [0.25, 0.3) is 0 Å². The lowest BCUT2D eigenvalue weighted by molar-refractivity contribution is -0.141. The molecule has 0 aliphatic rings. The Labute approximate surface area is 112 Å². The molecule has 0 aliphatic heterocycles. The van der Waals surface area contributed by atoms with Gasteiger partial charge in [-0.15, -0.1) is 0 Å². The Hall–Kier alpha value is -2.14.